The largest absolute Gasteiger partial charge is 0.223 e. The highest BCUT2D eigenvalue weighted by Crippen LogP contribution is 2.02. The SMILES string of the molecule is [2H]c1c(C([2H])([2H])[2H])nc(Cl)nc1C([2H])([2H])[2H]. The molecule has 0 aliphatic heterocycles. The molecule has 0 bridgehead atoms. The van der Waals surface area contributed by atoms with E-state index in [1.807, 2.05) is 0 Å². The summed E-state index contributed by atoms with van der Waals surface area (Å²) in [6, 6.07) is -0.718. The van der Waals surface area contributed by atoms with Gasteiger partial charge in [-0.15, -0.1) is 0 Å². The van der Waals surface area contributed by atoms with Gasteiger partial charge in [-0.25, -0.2) is 9.97 Å². The van der Waals surface area contributed by atoms with Crippen LogP contribution in [0.2, 0.25) is 5.28 Å². The molecule has 0 N–H and O–H groups in total. The highest BCUT2D eigenvalue weighted by Gasteiger charge is 1.92. The smallest absolute Gasteiger partial charge is 0.222 e. The van der Waals surface area contributed by atoms with Gasteiger partial charge in [0.2, 0.25) is 5.28 Å². The minimum absolute atomic E-state index is 0.492. The lowest BCUT2D eigenvalue weighted by atomic mass is 10.4. The van der Waals surface area contributed by atoms with Crippen molar-refractivity contribution in [1.29, 1.82) is 0 Å². The van der Waals surface area contributed by atoms with Crippen LogP contribution >= 0.6 is 11.6 Å². The van der Waals surface area contributed by atoms with Crippen LogP contribution in [0.15, 0.2) is 6.04 Å². The van der Waals surface area contributed by atoms with E-state index < -0.39 is 36.4 Å². The van der Waals surface area contributed by atoms with Crippen molar-refractivity contribution in [2.45, 2.75) is 13.7 Å². The monoisotopic (exact) mass is 149 g/mol. The molecule has 0 unspecified atom stereocenters. The highest BCUT2D eigenvalue weighted by atomic mass is 35.5. The molecule has 0 fully saturated rings. The van der Waals surface area contributed by atoms with E-state index in [1.54, 1.807) is 0 Å². The molecule has 1 aromatic heterocycles. The first-order chi connectivity index (χ1) is 7.03. The van der Waals surface area contributed by atoms with Crippen molar-refractivity contribution in [2.75, 3.05) is 0 Å². The van der Waals surface area contributed by atoms with E-state index in [4.69, 9.17) is 21.2 Å². The molecule has 3 heteroatoms. The van der Waals surface area contributed by atoms with Crippen LogP contribution in [0.1, 0.15) is 21.0 Å². The Morgan fingerprint density at radius 3 is 2.56 bits per heavy atom. The molecule has 0 radical (unpaired) electrons. The average molecular weight is 150 g/mol. The second kappa shape index (κ2) is 2.31. The van der Waals surface area contributed by atoms with Gasteiger partial charge in [-0.3, -0.25) is 0 Å². The maximum absolute atomic E-state index is 7.45. The predicted octanol–water partition coefficient (Wildman–Crippen LogP) is 1.75. The summed E-state index contributed by atoms with van der Waals surface area (Å²) >= 11 is 5.43. The molecule has 1 rings (SSSR count). The van der Waals surface area contributed by atoms with Gasteiger partial charge in [0, 0.05) is 19.6 Å². The van der Waals surface area contributed by atoms with Crippen molar-refractivity contribution >= 4 is 11.6 Å². The van der Waals surface area contributed by atoms with Gasteiger partial charge in [-0.05, 0) is 31.3 Å². The normalized spacial score (nSPS) is 23.9. The van der Waals surface area contributed by atoms with Crippen LogP contribution in [0.4, 0.5) is 0 Å². The van der Waals surface area contributed by atoms with Crippen LogP contribution in [-0.4, -0.2) is 9.97 Å². The van der Waals surface area contributed by atoms with Gasteiger partial charge in [0.25, 0.3) is 0 Å². The molecule has 48 valence electrons. The Morgan fingerprint density at radius 1 is 1.56 bits per heavy atom. The molecule has 1 aromatic rings. The lowest BCUT2D eigenvalue weighted by molar-refractivity contribution is 1.05. The lowest BCUT2D eigenvalue weighted by Crippen LogP contribution is -1.88. The second-order valence-electron chi connectivity index (χ2n) is 1.31. The maximum Gasteiger partial charge on any atom is 0.222 e. The molecule has 0 amide bonds. The van der Waals surface area contributed by atoms with Gasteiger partial charge >= 0.3 is 0 Å². The van der Waals surface area contributed by atoms with Crippen molar-refractivity contribution in [1.82, 2.24) is 9.97 Å². The third-order valence-corrected chi connectivity index (χ3v) is 0.814. The molecule has 1 heterocycles. The molecule has 0 aliphatic rings. The molecule has 0 saturated heterocycles. The minimum Gasteiger partial charge on any atom is -0.223 e. The van der Waals surface area contributed by atoms with E-state index in [9.17, 15) is 0 Å². The molecule has 9 heavy (non-hydrogen) atoms. The first-order valence-corrected chi connectivity index (χ1v) is 2.46. The Kier molecular flexibility index (Phi) is 0.495. The average Bonchev–Trinajstić information content (AvgIpc) is 2.04. The van der Waals surface area contributed by atoms with Gasteiger partial charge in [-0.1, -0.05) is 0 Å². The number of aromatic nitrogens is 2. The Balaban J connectivity index is 3.51. The lowest BCUT2D eigenvalue weighted by Gasteiger charge is -1.93. The third-order valence-electron chi connectivity index (χ3n) is 0.645. The topological polar surface area (TPSA) is 25.8 Å². The first-order valence-electron chi connectivity index (χ1n) is 5.58. The van der Waals surface area contributed by atoms with E-state index in [2.05, 4.69) is 9.97 Å². The van der Waals surface area contributed by atoms with Gasteiger partial charge in [0.1, 0.15) is 0 Å². The maximum atomic E-state index is 7.45. The summed E-state index contributed by atoms with van der Waals surface area (Å²) < 4.78 is 50.0. The molecular weight excluding hydrogens is 136 g/mol. The number of nitrogens with zero attached hydrogens (tertiary/aromatic N) is 2. The Bertz CT molecular complexity index is 375. The van der Waals surface area contributed by atoms with E-state index in [-0.39, 0.29) is 0 Å². The van der Waals surface area contributed by atoms with Gasteiger partial charge in [0.05, 0.1) is 1.37 Å². The van der Waals surface area contributed by atoms with Crippen LogP contribution < -0.4 is 0 Å². The minimum atomic E-state index is -2.69. The van der Waals surface area contributed by atoms with Crippen molar-refractivity contribution in [2.24, 2.45) is 0 Å². The van der Waals surface area contributed by atoms with Gasteiger partial charge in [0.15, 0.2) is 0 Å². The number of halogens is 1. The van der Waals surface area contributed by atoms with Crippen LogP contribution in [0.5, 0.6) is 0 Å². The highest BCUT2D eigenvalue weighted by molar-refractivity contribution is 6.28. The quantitative estimate of drug-likeness (QED) is 0.526. The second-order valence-corrected chi connectivity index (χ2v) is 1.65. The van der Waals surface area contributed by atoms with Crippen LogP contribution in [0.25, 0.3) is 0 Å². The third kappa shape index (κ3) is 1.64. The van der Waals surface area contributed by atoms with Gasteiger partial charge in [-0.2, -0.15) is 0 Å². The van der Waals surface area contributed by atoms with Crippen LogP contribution in [-0.2, 0) is 0 Å². The Morgan fingerprint density at radius 2 is 2.11 bits per heavy atom. The van der Waals surface area contributed by atoms with E-state index in [0.717, 1.165) is 0 Å². The molecular formula is C6H7ClN2. The fourth-order valence-electron chi connectivity index (χ4n) is 0.378. The molecule has 0 atom stereocenters. The number of hydrogen-bond donors (Lipinski definition) is 0. The summed E-state index contributed by atoms with van der Waals surface area (Å²) in [6.45, 7) is -5.38. The van der Waals surface area contributed by atoms with E-state index in [1.165, 1.54) is 0 Å². The predicted molar refractivity (Wildman–Crippen MR) is 36.5 cm³/mol. The first kappa shape index (κ1) is 1.92. The molecule has 0 spiro atoms. The van der Waals surface area contributed by atoms with Gasteiger partial charge < -0.3 is 0 Å². The van der Waals surface area contributed by atoms with Crippen molar-refractivity contribution in [3.63, 3.8) is 0 Å². The van der Waals surface area contributed by atoms with Crippen molar-refractivity contribution in [3.05, 3.63) is 22.7 Å². The van der Waals surface area contributed by atoms with E-state index in [0.29, 0.717) is 0 Å². The fourth-order valence-corrected chi connectivity index (χ4v) is 0.547. The van der Waals surface area contributed by atoms with E-state index >= 15 is 0 Å². The molecule has 0 aromatic carbocycles. The number of hydrogen-bond acceptors (Lipinski definition) is 2. The zero-order valence-electron chi connectivity index (χ0n) is 11.3. The summed E-state index contributed by atoms with van der Waals surface area (Å²) in [6.07, 6.45) is 0. The zero-order chi connectivity index (χ0) is 12.7. The molecule has 2 nitrogen and oxygen atoms in total. The summed E-state index contributed by atoms with van der Waals surface area (Å²) in [5, 5.41) is -0.492. The summed E-state index contributed by atoms with van der Waals surface area (Å²) in [4.78, 5) is 6.74. The summed E-state index contributed by atoms with van der Waals surface area (Å²) in [7, 11) is 0. The molecule has 0 aliphatic carbocycles. The zero-order valence-corrected chi connectivity index (χ0v) is 5.03. The summed E-state index contributed by atoms with van der Waals surface area (Å²) in [5.41, 5.74) is -1.31. The van der Waals surface area contributed by atoms with Crippen molar-refractivity contribution in [3.8, 4) is 0 Å². The van der Waals surface area contributed by atoms with Crippen LogP contribution in [0, 0.1) is 13.7 Å². The summed E-state index contributed by atoms with van der Waals surface area (Å²) in [5.74, 6) is 0. The Labute approximate surface area is 68.7 Å². The van der Waals surface area contributed by atoms with Crippen LogP contribution in [0.3, 0.4) is 0 Å². The molecule has 0 saturated carbocycles. The van der Waals surface area contributed by atoms with Crippen molar-refractivity contribution < 1.29 is 9.60 Å². The fraction of sp³-hybridized carbons (Fsp3) is 0.333. The number of rotatable bonds is 0. The number of aryl methyl sites for hydroxylation is 2. The standard InChI is InChI=1S/C6H7ClN2/c1-4-3-5(2)9-6(7)8-4/h3H,1-2H3/i1D3,2D3,3D. The Hall–Kier alpha value is -0.630.